The van der Waals surface area contributed by atoms with Gasteiger partial charge >= 0.3 is 0 Å². The molecular weight excluding hydrogens is 220 g/mol. The first-order chi connectivity index (χ1) is 7.69. The summed E-state index contributed by atoms with van der Waals surface area (Å²) in [7, 11) is 0. The Balaban J connectivity index is 2.06. The maximum Gasteiger partial charge on any atom is 0.240 e. The van der Waals surface area contributed by atoms with Gasteiger partial charge in [0.15, 0.2) is 0 Å². The highest BCUT2D eigenvalue weighted by Gasteiger charge is 2.35. The van der Waals surface area contributed by atoms with Gasteiger partial charge in [0.2, 0.25) is 5.91 Å². The van der Waals surface area contributed by atoms with Gasteiger partial charge in [-0.15, -0.1) is 0 Å². The molecule has 1 atom stereocenters. The van der Waals surface area contributed by atoms with Crippen molar-refractivity contribution in [2.24, 2.45) is 0 Å². The van der Waals surface area contributed by atoms with Gasteiger partial charge in [-0.3, -0.25) is 4.79 Å². The molecule has 0 aromatic carbocycles. The van der Waals surface area contributed by atoms with Crippen LogP contribution in [0.4, 0.5) is 0 Å². The van der Waals surface area contributed by atoms with Crippen molar-refractivity contribution in [2.75, 3.05) is 25.1 Å². The maximum absolute atomic E-state index is 11.9. The standard InChI is InChI=1S/C12H24N2OS/c1-12(7-6-9-14-12)11(15)13-8-4-3-5-10-16-2/h14H,3-10H2,1-2H3,(H,13,15). The number of hydrogen-bond donors (Lipinski definition) is 2. The van der Waals surface area contributed by atoms with Crippen molar-refractivity contribution < 1.29 is 4.79 Å². The minimum absolute atomic E-state index is 0.176. The summed E-state index contributed by atoms with van der Waals surface area (Å²) < 4.78 is 0. The third-order valence-corrected chi connectivity index (χ3v) is 3.88. The van der Waals surface area contributed by atoms with Crippen molar-refractivity contribution in [3.8, 4) is 0 Å². The van der Waals surface area contributed by atoms with Crippen LogP contribution in [-0.4, -0.2) is 36.5 Å². The van der Waals surface area contributed by atoms with Gasteiger partial charge in [0.25, 0.3) is 0 Å². The summed E-state index contributed by atoms with van der Waals surface area (Å²) in [6.45, 7) is 3.80. The minimum atomic E-state index is -0.306. The highest BCUT2D eigenvalue weighted by atomic mass is 32.2. The highest BCUT2D eigenvalue weighted by molar-refractivity contribution is 7.98. The van der Waals surface area contributed by atoms with Crippen LogP contribution in [0.25, 0.3) is 0 Å². The van der Waals surface area contributed by atoms with Crippen LogP contribution >= 0.6 is 11.8 Å². The molecule has 3 nitrogen and oxygen atoms in total. The van der Waals surface area contributed by atoms with Crippen molar-refractivity contribution >= 4 is 17.7 Å². The largest absolute Gasteiger partial charge is 0.355 e. The summed E-state index contributed by atoms with van der Waals surface area (Å²) in [5.41, 5.74) is -0.306. The molecule has 1 unspecified atom stereocenters. The summed E-state index contributed by atoms with van der Waals surface area (Å²) in [6.07, 6.45) is 7.78. The normalized spacial score (nSPS) is 24.6. The zero-order chi connectivity index (χ0) is 11.9. The smallest absolute Gasteiger partial charge is 0.240 e. The van der Waals surface area contributed by atoms with Crippen LogP contribution in [0.1, 0.15) is 39.0 Å². The summed E-state index contributed by atoms with van der Waals surface area (Å²) in [5, 5.41) is 6.31. The lowest BCUT2D eigenvalue weighted by atomic mass is 9.99. The molecule has 1 amide bonds. The van der Waals surface area contributed by atoms with Crippen LogP contribution in [0.2, 0.25) is 0 Å². The summed E-state index contributed by atoms with van der Waals surface area (Å²) in [5.74, 6) is 1.41. The van der Waals surface area contributed by atoms with Crippen molar-refractivity contribution in [3.63, 3.8) is 0 Å². The second-order valence-electron chi connectivity index (χ2n) is 4.67. The molecule has 1 aliphatic rings. The first-order valence-electron chi connectivity index (χ1n) is 6.21. The van der Waals surface area contributed by atoms with Gasteiger partial charge in [-0.05, 0) is 51.2 Å². The maximum atomic E-state index is 11.9. The predicted molar refractivity (Wildman–Crippen MR) is 70.9 cm³/mol. The van der Waals surface area contributed by atoms with E-state index in [9.17, 15) is 4.79 Å². The van der Waals surface area contributed by atoms with Gasteiger partial charge in [-0.2, -0.15) is 11.8 Å². The third kappa shape index (κ3) is 4.34. The molecule has 1 rings (SSSR count). The van der Waals surface area contributed by atoms with E-state index in [1.54, 1.807) is 0 Å². The van der Waals surface area contributed by atoms with Crippen LogP contribution in [-0.2, 0) is 4.79 Å². The van der Waals surface area contributed by atoms with Crippen molar-refractivity contribution in [1.82, 2.24) is 10.6 Å². The lowest BCUT2D eigenvalue weighted by Gasteiger charge is -2.22. The van der Waals surface area contributed by atoms with Crippen LogP contribution in [0.3, 0.4) is 0 Å². The van der Waals surface area contributed by atoms with E-state index in [-0.39, 0.29) is 11.4 Å². The van der Waals surface area contributed by atoms with Gasteiger partial charge in [-0.25, -0.2) is 0 Å². The second kappa shape index (κ2) is 7.17. The summed E-state index contributed by atoms with van der Waals surface area (Å²) in [6, 6.07) is 0. The van der Waals surface area contributed by atoms with E-state index >= 15 is 0 Å². The molecule has 94 valence electrons. The molecule has 4 heteroatoms. The molecule has 0 aliphatic carbocycles. The lowest BCUT2D eigenvalue weighted by molar-refractivity contribution is -0.126. The number of nitrogens with one attached hydrogen (secondary N) is 2. The van der Waals surface area contributed by atoms with Gasteiger partial charge in [0, 0.05) is 6.54 Å². The number of hydrogen-bond acceptors (Lipinski definition) is 3. The highest BCUT2D eigenvalue weighted by Crippen LogP contribution is 2.18. The molecule has 0 aromatic heterocycles. The fourth-order valence-corrected chi connectivity index (χ4v) is 2.53. The first-order valence-corrected chi connectivity index (χ1v) is 7.61. The minimum Gasteiger partial charge on any atom is -0.355 e. The predicted octanol–water partition coefficient (Wildman–Crippen LogP) is 1.78. The Morgan fingerprint density at radius 2 is 2.25 bits per heavy atom. The molecule has 0 spiro atoms. The Bertz CT molecular complexity index is 215. The molecule has 0 bridgehead atoms. The molecule has 16 heavy (non-hydrogen) atoms. The monoisotopic (exact) mass is 244 g/mol. The Morgan fingerprint density at radius 1 is 1.44 bits per heavy atom. The Kier molecular flexibility index (Phi) is 6.21. The van der Waals surface area contributed by atoms with Crippen LogP contribution in [0.5, 0.6) is 0 Å². The average Bonchev–Trinajstić information content (AvgIpc) is 2.71. The van der Waals surface area contributed by atoms with Crippen molar-refractivity contribution in [2.45, 2.75) is 44.6 Å². The van der Waals surface area contributed by atoms with Crippen LogP contribution < -0.4 is 10.6 Å². The lowest BCUT2D eigenvalue weighted by Crippen LogP contribution is -2.51. The summed E-state index contributed by atoms with van der Waals surface area (Å²) >= 11 is 1.89. The number of amides is 1. The van der Waals surface area contributed by atoms with Gasteiger partial charge in [-0.1, -0.05) is 6.42 Å². The van der Waals surface area contributed by atoms with E-state index < -0.39 is 0 Å². The van der Waals surface area contributed by atoms with Gasteiger partial charge in [0.05, 0.1) is 5.54 Å². The zero-order valence-corrected chi connectivity index (χ0v) is 11.3. The zero-order valence-electron chi connectivity index (χ0n) is 10.5. The van der Waals surface area contributed by atoms with E-state index in [2.05, 4.69) is 16.9 Å². The quantitative estimate of drug-likeness (QED) is 0.671. The van der Waals surface area contributed by atoms with Gasteiger partial charge in [0.1, 0.15) is 0 Å². The fourth-order valence-electron chi connectivity index (χ4n) is 2.03. The van der Waals surface area contributed by atoms with Gasteiger partial charge < -0.3 is 10.6 Å². The van der Waals surface area contributed by atoms with E-state index in [0.29, 0.717) is 0 Å². The molecule has 0 aromatic rings. The number of carbonyl (C=O) groups is 1. The topological polar surface area (TPSA) is 41.1 Å². The van der Waals surface area contributed by atoms with E-state index in [4.69, 9.17) is 0 Å². The Morgan fingerprint density at radius 3 is 2.88 bits per heavy atom. The fraction of sp³-hybridized carbons (Fsp3) is 0.917. The average molecular weight is 244 g/mol. The molecule has 1 saturated heterocycles. The number of rotatable bonds is 7. The SMILES string of the molecule is CSCCCCCNC(=O)C1(C)CCCN1. The van der Waals surface area contributed by atoms with E-state index in [1.807, 2.05) is 18.7 Å². The Hall–Kier alpha value is -0.220. The van der Waals surface area contributed by atoms with E-state index in [0.717, 1.165) is 32.4 Å². The first kappa shape index (κ1) is 13.8. The van der Waals surface area contributed by atoms with Crippen molar-refractivity contribution in [1.29, 1.82) is 0 Å². The van der Waals surface area contributed by atoms with E-state index in [1.165, 1.54) is 18.6 Å². The second-order valence-corrected chi connectivity index (χ2v) is 5.66. The molecule has 0 radical (unpaired) electrons. The molecule has 2 N–H and O–H groups in total. The molecule has 1 heterocycles. The number of carbonyl (C=O) groups excluding carboxylic acids is 1. The molecule has 1 fully saturated rings. The van der Waals surface area contributed by atoms with Crippen LogP contribution in [0, 0.1) is 0 Å². The number of unbranched alkanes of at least 4 members (excludes halogenated alkanes) is 2. The third-order valence-electron chi connectivity index (χ3n) is 3.18. The number of thioether (sulfide) groups is 1. The molecule has 1 aliphatic heterocycles. The molecule has 0 saturated carbocycles. The molecular formula is C12H24N2OS. The van der Waals surface area contributed by atoms with Crippen LogP contribution in [0.15, 0.2) is 0 Å². The Labute approximate surface area is 103 Å². The van der Waals surface area contributed by atoms with Crippen molar-refractivity contribution in [3.05, 3.63) is 0 Å². The summed E-state index contributed by atoms with van der Waals surface area (Å²) in [4.78, 5) is 11.9.